The summed E-state index contributed by atoms with van der Waals surface area (Å²) in [7, 11) is 1.84. The van der Waals surface area contributed by atoms with Crippen LogP contribution in [0, 0.1) is 0 Å². The van der Waals surface area contributed by atoms with Crippen LogP contribution in [0.1, 0.15) is 18.4 Å². The van der Waals surface area contributed by atoms with E-state index in [1.165, 1.54) is 16.3 Å². The summed E-state index contributed by atoms with van der Waals surface area (Å²) in [6.45, 7) is 1.81. The van der Waals surface area contributed by atoms with Gasteiger partial charge in [-0.3, -0.25) is 4.79 Å². The molecule has 0 saturated carbocycles. The van der Waals surface area contributed by atoms with Crippen molar-refractivity contribution >= 4 is 29.1 Å². The first-order chi connectivity index (χ1) is 11.1. The molecule has 3 rings (SSSR count). The normalized spacial score (nSPS) is 16.4. The van der Waals surface area contributed by atoms with E-state index >= 15 is 0 Å². The molecule has 4 nitrogen and oxygen atoms in total. The van der Waals surface area contributed by atoms with Crippen molar-refractivity contribution in [2.45, 2.75) is 24.8 Å². The minimum absolute atomic E-state index is 0. The second-order valence-electron chi connectivity index (χ2n) is 6.38. The van der Waals surface area contributed by atoms with Gasteiger partial charge in [0.25, 0.3) is 0 Å². The molecule has 2 aromatic carbocycles. The van der Waals surface area contributed by atoms with Gasteiger partial charge in [0.05, 0.1) is 5.54 Å². The molecular weight excluding hydrogens is 324 g/mol. The maximum absolute atomic E-state index is 12.7. The molecule has 0 aromatic heterocycles. The SMILES string of the molecule is CN(CCc1cccc2ccccc12)C(=O)C1(N)CCOCC1.Cl. The van der Waals surface area contributed by atoms with Crippen LogP contribution in [-0.2, 0) is 16.0 Å². The lowest BCUT2D eigenvalue weighted by Gasteiger charge is -2.35. The Morgan fingerprint density at radius 1 is 1.17 bits per heavy atom. The third kappa shape index (κ3) is 3.89. The first-order valence-corrected chi connectivity index (χ1v) is 8.19. The van der Waals surface area contributed by atoms with Crippen molar-refractivity contribution in [3.8, 4) is 0 Å². The Morgan fingerprint density at radius 2 is 1.83 bits per heavy atom. The van der Waals surface area contributed by atoms with Crippen molar-refractivity contribution in [1.82, 2.24) is 4.90 Å². The Kier molecular flexibility index (Phi) is 6.21. The molecule has 1 fully saturated rings. The van der Waals surface area contributed by atoms with Gasteiger partial charge in [0.1, 0.15) is 0 Å². The van der Waals surface area contributed by atoms with Crippen LogP contribution in [0.25, 0.3) is 10.8 Å². The summed E-state index contributed by atoms with van der Waals surface area (Å²) in [6, 6.07) is 14.7. The average molecular weight is 349 g/mol. The lowest BCUT2D eigenvalue weighted by molar-refractivity contribution is -0.139. The summed E-state index contributed by atoms with van der Waals surface area (Å²) in [6.07, 6.45) is 2.03. The molecule has 130 valence electrons. The van der Waals surface area contributed by atoms with Gasteiger partial charge in [0.2, 0.25) is 5.91 Å². The Hall–Kier alpha value is -1.62. The summed E-state index contributed by atoms with van der Waals surface area (Å²) in [5.41, 5.74) is 6.80. The first-order valence-electron chi connectivity index (χ1n) is 8.19. The van der Waals surface area contributed by atoms with Gasteiger partial charge in [0.15, 0.2) is 0 Å². The molecular formula is C19H25ClN2O2. The van der Waals surface area contributed by atoms with Crippen LogP contribution >= 0.6 is 12.4 Å². The van der Waals surface area contributed by atoms with Gasteiger partial charge in [-0.05, 0) is 35.6 Å². The molecule has 0 spiro atoms. The smallest absolute Gasteiger partial charge is 0.242 e. The molecule has 0 radical (unpaired) electrons. The van der Waals surface area contributed by atoms with E-state index in [9.17, 15) is 4.79 Å². The van der Waals surface area contributed by atoms with Crippen molar-refractivity contribution in [2.24, 2.45) is 5.73 Å². The largest absolute Gasteiger partial charge is 0.381 e. The zero-order valence-electron chi connectivity index (χ0n) is 14.0. The molecule has 2 N–H and O–H groups in total. The molecule has 1 saturated heterocycles. The summed E-state index contributed by atoms with van der Waals surface area (Å²) >= 11 is 0. The number of amides is 1. The van der Waals surface area contributed by atoms with E-state index in [1.807, 2.05) is 13.1 Å². The van der Waals surface area contributed by atoms with Gasteiger partial charge in [-0.2, -0.15) is 0 Å². The standard InChI is InChI=1S/C19H24N2O2.ClH/c1-21(18(22)19(20)10-13-23-14-11-19)12-9-16-7-4-6-15-5-2-3-8-17(15)16;/h2-8H,9-14,20H2,1H3;1H. The molecule has 1 heterocycles. The highest BCUT2D eigenvalue weighted by Gasteiger charge is 2.37. The Balaban J connectivity index is 0.00000208. The van der Waals surface area contributed by atoms with E-state index in [1.54, 1.807) is 4.90 Å². The fraction of sp³-hybridized carbons (Fsp3) is 0.421. The Bertz CT molecular complexity index is 693. The van der Waals surface area contributed by atoms with Gasteiger partial charge >= 0.3 is 0 Å². The van der Waals surface area contributed by atoms with E-state index < -0.39 is 5.54 Å². The van der Waals surface area contributed by atoms with Crippen molar-refractivity contribution in [1.29, 1.82) is 0 Å². The average Bonchev–Trinajstić information content (AvgIpc) is 2.59. The van der Waals surface area contributed by atoms with Crippen molar-refractivity contribution in [3.05, 3.63) is 48.0 Å². The third-order valence-corrected chi connectivity index (χ3v) is 4.75. The topological polar surface area (TPSA) is 55.6 Å². The number of fused-ring (bicyclic) bond motifs is 1. The molecule has 1 aliphatic heterocycles. The van der Waals surface area contributed by atoms with Crippen LogP contribution < -0.4 is 5.73 Å². The third-order valence-electron chi connectivity index (χ3n) is 4.75. The van der Waals surface area contributed by atoms with E-state index in [0.717, 1.165) is 6.42 Å². The van der Waals surface area contributed by atoms with Crippen LogP contribution in [0.2, 0.25) is 0 Å². The lowest BCUT2D eigenvalue weighted by Crippen LogP contribution is -2.57. The van der Waals surface area contributed by atoms with Crippen molar-refractivity contribution < 1.29 is 9.53 Å². The Morgan fingerprint density at radius 3 is 2.58 bits per heavy atom. The molecule has 24 heavy (non-hydrogen) atoms. The number of nitrogens with two attached hydrogens (primary N) is 1. The molecule has 5 heteroatoms. The van der Waals surface area contributed by atoms with Gasteiger partial charge in [0, 0.05) is 26.8 Å². The number of nitrogens with zero attached hydrogens (tertiary/aromatic N) is 1. The van der Waals surface area contributed by atoms with Crippen molar-refractivity contribution in [2.75, 3.05) is 26.8 Å². The van der Waals surface area contributed by atoms with E-state index in [4.69, 9.17) is 10.5 Å². The summed E-state index contributed by atoms with van der Waals surface area (Å²) in [5, 5.41) is 2.49. The first kappa shape index (κ1) is 18.7. The van der Waals surface area contributed by atoms with Crippen LogP contribution in [0.4, 0.5) is 0 Å². The van der Waals surface area contributed by atoms with Gasteiger partial charge < -0.3 is 15.4 Å². The highest BCUT2D eigenvalue weighted by molar-refractivity contribution is 5.87. The molecule has 1 aliphatic rings. The van der Waals surface area contributed by atoms with E-state index in [2.05, 4.69) is 36.4 Å². The maximum Gasteiger partial charge on any atom is 0.242 e. The van der Waals surface area contributed by atoms with Crippen LogP contribution in [0.15, 0.2) is 42.5 Å². The predicted octanol–water partition coefficient (Wildman–Crippen LogP) is 2.77. The highest BCUT2D eigenvalue weighted by atomic mass is 35.5. The number of carbonyl (C=O) groups is 1. The minimum Gasteiger partial charge on any atom is -0.381 e. The Labute approximate surface area is 149 Å². The molecule has 0 unspecified atom stereocenters. The number of likely N-dealkylation sites (N-methyl/N-ethyl adjacent to an activating group) is 1. The number of benzene rings is 2. The van der Waals surface area contributed by atoms with Crippen LogP contribution in [0.5, 0.6) is 0 Å². The second kappa shape index (κ2) is 7.97. The quantitative estimate of drug-likeness (QED) is 0.924. The highest BCUT2D eigenvalue weighted by Crippen LogP contribution is 2.22. The van der Waals surface area contributed by atoms with E-state index in [-0.39, 0.29) is 18.3 Å². The van der Waals surface area contributed by atoms with Gasteiger partial charge in [-0.25, -0.2) is 0 Å². The molecule has 0 atom stereocenters. The number of halogens is 1. The molecule has 0 bridgehead atoms. The van der Waals surface area contributed by atoms with E-state index in [0.29, 0.717) is 32.6 Å². The summed E-state index contributed by atoms with van der Waals surface area (Å²) in [5.74, 6) is 0.0287. The number of rotatable bonds is 4. The fourth-order valence-electron chi connectivity index (χ4n) is 3.23. The van der Waals surface area contributed by atoms with Crippen LogP contribution in [0.3, 0.4) is 0 Å². The van der Waals surface area contributed by atoms with Gasteiger partial charge in [-0.15, -0.1) is 12.4 Å². The lowest BCUT2D eigenvalue weighted by atomic mass is 9.89. The zero-order chi connectivity index (χ0) is 16.3. The van der Waals surface area contributed by atoms with Crippen LogP contribution in [-0.4, -0.2) is 43.2 Å². The monoisotopic (exact) mass is 348 g/mol. The fourth-order valence-corrected chi connectivity index (χ4v) is 3.23. The second-order valence-corrected chi connectivity index (χ2v) is 6.38. The molecule has 2 aromatic rings. The minimum atomic E-state index is -0.758. The molecule has 1 amide bonds. The maximum atomic E-state index is 12.7. The van der Waals surface area contributed by atoms with Gasteiger partial charge in [-0.1, -0.05) is 42.5 Å². The summed E-state index contributed by atoms with van der Waals surface area (Å²) in [4.78, 5) is 14.4. The van der Waals surface area contributed by atoms with Crippen molar-refractivity contribution in [3.63, 3.8) is 0 Å². The number of hydrogen-bond acceptors (Lipinski definition) is 3. The number of ether oxygens (including phenoxy) is 1. The zero-order valence-corrected chi connectivity index (χ0v) is 14.8. The molecule has 0 aliphatic carbocycles. The summed E-state index contributed by atoms with van der Waals surface area (Å²) < 4.78 is 5.32. The number of carbonyl (C=O) groups excluding carboxylic acids is 1. The number of hydrogen-bond donors (Lipinski definition) is 1. The predicted molar refractivity (Wildman–Crippen MR) is 99.5 cm³/mol.